The quantitative estimate of drug-likeness (QED) is 0.741. The first-order valence-electron chi connectivity index (χ1n) is 7.03. The number of rotatable bonds is 6. The lowest BCUT2D eigenvalue weighted by molar-refractivity contribution is -0.146. The topological polar surface area (TPSA) is 111 Å². The number of benzene rings is 1. The molecular formula is C16H17N3O5. The van der Waals surface area contributed by atoms with Crippen LogP contribution in [-0.2, 0) is 9.53 Å². The van der Waals surface area contributed by atoms with Crippen molar-refractivity contribution in [1.29, 1.82) is 0 Å². The minimum Gasteiger partial charge on any atom is -0.497 e. The third-order valence-electron chi connectivity index (χ3n) is 3.31. The molecule has 1 aromatic carbocycles. The molecule has 0 saturated carbocycles. The van der Waals surface area contributed by atoms with Crippen LogP contribution in [-0.4, -0.2) is 47.2 Å². The Kier molecular flexibility index (Phi) is 5.80. The van der Waals surface area contributed by atoms with E-state index in [9.17, 15) is 14.7 Å². The van der Waals surface area contributed by atoms with Gasteiger partial charge in [-0.25, -0.2) is 9.78 Å². The van der Waals surface area contributed by atoms with Crippen LogP contribution in [0.3, 0.4) is 0 Å². The molecule has 0 fully saturated rings. The molecule has 2 atom stereocenters. The van der Waals surface area contributed by atoms with Crippen LogP contribution in [0.25, 0.3) is 0 Å². The van der Waals surface area contributed by atoms with Crippen LogP contribution >= 0.6 is 0 Å². The Morgan fingerprint density at radius 2 is 1.88 bits per heavy atom. The zero-order valence-corrected chi connectivity index (χ0v) is 13.2. The second-order valence-corrected chi connectivity index (χ2v) is 4.78. The Hall–Kier alpha value is -3.00. The number of carbonyl (C=O) groups is 2. The first-order valence-corrected chi connectivity index (χ1v) is 7.03. The van der Waals surface area contributed by atoms with Gasteiger partial charge in [0.2, 0.25) is 0 Å². The molecule has 0 aliphatic heterocycles. The molecule has 0 bridgehead atoms. The molecule has 2 rings (SSSR count). The molecule has 0 spiro atoms. The van der Waals surface area contributed by atoms with Crippen LogP contribution in [0.15, 0.2) is 42.9 Å². The summed E-state index contributed by atoms with van der Waals surface area (Å²) in [7, 11) is 2.69. The van der Waals surface area contributed by atoms with Gasteiger partial charge in [0.05, 0.1) is 20.4 Å². The third kappa shape index (κ3) is 4.05. The molecule has 0 aliphatic carbocycles. The van der Waals surface area contributed by atoms with Gasteiger partial charge in [-0.05, 0) is 17.7 Å². The number of carbonyl (C=O) groups excluding carboxylic acids is 2. The second kappa shape index (κ2) is 8.02. The molecule has 24 heavy (non-hydrogen) atoms. The highest BCUT2D eigenvalue weighted by Gasteiger charge is 2.31. The molecule has 8 heteroatoms. The van der Waals surface area contributed by atoms with Crippen molar-refractivity contribution in [2.75, 3.05) is 14.2 Å². The molecule has 1 heterocycles. The highest BCUT2D eigenvalue weighted by atomic mass is 16.5. The first-order chi connectivity index (χ1) is 11.6. The van der Waals surface area contributed by atoms with Crippen molar-refractivity contribution in [2.45, 2.75) is 12.1 Å². The number of ether oxygens (including phenoxy) is 2. The summed E-state index contributed by atoms with van der Waals surface area (Å²) in [6.07, 6.45) is 2.72. The predicted octanol–water partition coefficient (Wildman–Crippen LogP) is 0.490. The Balaban J connectivity index is 2.20. The van der Waals surface area contributed by atoms with Crippen molar-refractivity contribution < 1.29 is 24.2 Å². The van der Waals surface area contributed by atoms with Crippen molar-refractivity contribution in [2.24, 2.45) is 0 Å². The standard InChI is InChI=1S/C16H17N3O5/c1-23-11-5-3-10(4-6-11)14(20)13(16(22)24-2)19-15(21)12-9-17-7-8-18-12/h3-9,13-14,20H,1-2H3,(H,19,21). The van der Waals surface area contributed by atoms with Gasteiger partial charge >= 0.3 is 5.97 Å². The molecule has 0 saturated heterocycles. The number of nitrogens with zero attached hydrogens (tertiary/aromatic N) is 2. The minimum absolute atomic E-state index is 0.0216. The van der Waals surface area contributed by atoms with Gasteiger partial charge in [-0.3, -0.25) is 9.78 Å². The van der Waals surface area contributed by atoms with E-state index in [1.54, 1.807) is 24.3 Å². The van der Waals surface area contributed by atoms with Gasteiger partial charge in [-0.15, -0.1) is 0 Å². The molecule has 1 amide bonds. The number of aromatic nitrogens is 2. The molecule has 1 aromatic heterocycles. The van der Waals surface area contributed by atoms with Gasteiger partial charge in [0, 0.05) is 12.4 Å². The highest BCUT2D eigenvalue weighted by molar-refractivity contribution is 5.95. The summed E-state index contributed by atoms with van der Waals surface area (Å²) >= 11 is 0. The second-order valence-electron chi connectivity index (χ2n) is 4.78. The lowest BCUT2D eigenvalue weighted by Gasteiger charge is -2.22. The molecule has 126 valence electrons. The summed E-state index contributed by atoms with van der Waals surface area (Å²) in [6, 6.07) is 5.16. The van der Waals surface area contributed by atoms with E-state index in [0.717, 1.165) is 0 Å². The predicted molar refractivity (Wildman–Crippen MR) is 83.3 cm³/mol. The summed E-state index contributed by atoms with van der Waals surface area (Å²) in [5.41, 5.74) is 0.443. The zero-order valence-electron chi connectivity index (χ0n) is 13.2. The fourth-order valence-electron chi connectivity index (χ4n) is 2.02. The van der Waals surface area contributed by atoms with E-state index in [2.05, 4.69) is 20.0 Å². The average molecular weight is 331 g/mol. The molecule has 8 nitrogen and oxygen atoms in total. The maximum Gasteiger partial charge on any atom is 0.331 e. The van der Waals surface area contributed by atoms with Crippen molar-refractivity contribution in [3.63, 3.8) is 0 Å². The van der Waals surface area contributed by atoms with Crippen LogP contribution in [0.5, 0.6) is 5.75 Å². The number of hydrogen-bond donors (Lipinski definition) is 2. The Labute approximate surface area is 138 Å². The summed E-state index contributed by atoms with van der Waals surface area (Å²) < 4.78 is 9.70. The maximum absolute atomic E-state index is 12.2. The lowest BCUT2D eigenvalue weighted by atomic mass is 10.0. The van der Waals surface area contributed by atoms with Gasteiger partial charge in [0.25, 0.3) is 5.91 Å². The SMILES string of the molecule is COC(=O)C(NC(=O)c1cnccn1)C(O)c1ccc(OC)cc1. The third-order valence-corrected chi connectivity index (χ3v) is 3.31. The molecule has 2 N–H and O–H groups in total. The smallest absolute Gasteiger partial charge is 0.331 e. The van der Waals surface area contributed by atoms with E-state index >= 15 is 0 Å². The molecular weight excluding hydrogens is 314 g/mol. The van der Waals surface area contributed by atoms with Gasteiger partial charge < -0.3 is 19.9 Å². The first kappa shape index (κ1) is 17.4. The molecule has 0 aliphatic rings. The van der Waals surface area contributed by atoms with Crippen molar-refractivity contribution in [3.05, 3.63) is 54.1 Å². The number of aliphatic hydroxyl groups is 1. The van der Waals surface area contributed by atoms with Gasteiger partial charge in [-0.1, -0.05) is 12.1 Å². The van der Waals surface area contributed by atoms with Crippen molar-refractivity contribution in [3.8, 4) is 5.75 Å². The van der Waals surface area contributed by atoms with Crippen LogP contribution in [0.4, 0.5) is 0 Å². The molecule has 2 unspecified atom stereocenters. The van der Waals surface area contributed by atoms with Gasteiger partial charge in [0.1, 0.15) is 17.5 Å². The molecule has 2 aromatic rings. The Bertz CT molecular complexity index is 691. The number of nitrogens with one attached hydrogen (secondary N) is 1. The summed E-state index contributed by atoms with van der Waals surface area (Å²) in [4.78, 5) is 31.7. The average Bonchev–Trinajstić information content (AvgIpc) is 2.65. The van der Waals surface area contributed by atoms with E-state index in [0.29, 0.717) is 11.3 Å². The number of methoxy groups -OCH3 is 2. The van der Waals surface area contributed by atoms with Gasteiger partial charge in [0.15, 0.2) is 6.04 Å². The monoisotopic (exact) mass is 331 g/mol. The van der Waals surface area contributed by atoms with E-state index in [1.807, 2.05) is 0 Å². The number of amides is 1. The number of aliphatic hydroxyl groups excluding tert-OH is 1. The minimum atomic E-state index is -1.30. The van der Waals surface area contributed by atoms with Crippen LogP contribution in [0, 0.1) is 0 Å². The normalized spacial score (nSPS) is 12.8. The van der Waals surface area contributed by atoms with E-state index < -0.39 is 24.0 Å². The van der Waals surface area contributed by atoms with Crippen LogP contribution < -0.4 is 10.1 Å². The summed E-state index contributed by atoms with van der Waals surface area (Å²) in [6.45, 7) is 0. The summed E-state index contributed by atoms with van der Waals surface area (Å²) in [5, 5.41) is 12.9. The number of esters is 1. The van der Waals surface area contributed by atoms with Crippen LogP contribution in [0.2, 0.25) is 0 Å². The van der Waals surface area contributed by atoms with Crippen molar-refractivity contribution in [1.82, 2.24) is 15.3 Å². The Morgan fingerprint density at radius 1 is 1.17 bits per heavy atom. The molecule has 0 radical (unpaired) electrons. The van der Waals surface area contributed by atoms with E-state index in [-0.39, 0.29) is 5.69 Å². The number of hydrogen-bond acceptors (Lipinski definition) is 7. The highest BCUT2D eigenvalue weighted by Crippen LogP contribution is 2.21. The van der Waals surface area contributed by atoms with Gasteiger partial charge in [-0.2, -0.15) is 0 Å². The fourth-order valence-corrected chi connectivity index (χ4v) is 2.02. The largest absolute Gasteiger partial charge is 0.497 e. The van der Waals surface area contributed by atoms with Crippen molar-refractivity contribution >= 4 is 11.9 Å². The van der Waals surface area contributed by atoms with E-state index in [4.69, 9.17) is 4.74 Å². The fraction of sp³-hybridized carbons (Fsp3) is 0.250. The van der Waals surface area contributed by atoms with E-state index in [1.165, 1.54) is 32.8 Å². The maximum atomic E-state index is 12.2. The lowest BCUT2D eigenvalue weighted by Crippen LogP contribution is -2.45. The Morgan fingerprint density at radius 3 is 2.42 bits per heavy atom. The summed E-state index contributed by atoms with van der Waals surface area (Å²) in [5.74, 6) is -0.828. The van der Waals surface area contributed by atoms with Crippen LogP contribution in [0.1, 0.15) is 22.2 Å². The zero-order chi connectivity index (χ0) is 17.5.